The van der Waals surface area contributed by atoms with E-state index in [2.05, 4.69) is 86.0 Å². The largest absolute Gasteiger partial charge is 0.480 e. The zero-order chi connectivity index (χ0) is 42.8. The second kappa shape index (κ2) is 40.4. The van der Waals surface area contributed by atoms with Gasteiger partial charge in [0.05, 0.1) is 13.2 Å². The van der Waals surface area contributed by atoms with E-state index in [-0.39, 0.29) is 12.8 Å². The lowest BCUT2D eigenvalue weighted by molar-refractivity contribution is -0.147. The van der Waals surface area contributed by atoms with Crippen molar-refractivity contribution in [1.29, 1.82) is 0 Å². The number of unbranched alkanes of at least 4 members (excludes halogenated alkanes) is 11. The highest BCUT2D eigenvalue weighted by Gasteiger charge is 2.28. The van der Waals surface area contributed by atoms with Gasteiger partial charge in [0.2, 0.25) is 5.91 Å². The molecular weight excluding hydrogens is 757 g/mol. The van der Waals surface area contributed by atoms with Crippen LogP contribution in [0.25, 0.3) is 0 Å². The molecule has 0 aromatic rings. The summed E-state index contributed by atoms with van der Waals surface area (Å²) >= 11 is 0. The SMILES string of the molecule is CC/C=C\C/C=C\C/C=C\C/C=C\C/C=C\C/C=C\CCC(=O)NC(COP(=O)(O)OCC(O)COC(=O)CCCCCCC/C=C\CCCCCCCC)C(=O)O. The number of carbonyl (C=O) groups excluding carboxylic acids is 2. The Morgan fingerprint density at radius 1 is 0.569 bits per heavy atom. The lowest BCUT2D eigenvalue weighted by Crippen LogP contribution is -2.43. The van der Waals surface area contributed by atoms with Crippen LogP contribution >= 0.6 is 7.82 Å². The quantitative estimate of drug-likeness (QED) is 0.0202. The summed E-state index contributed by atoms with van der Waals surface area (Å²) in [5.41, 5.74) is 0. The van der Waals surface area contributed by atoms with Crippen molar-refractivity contribution in [3.05, 3.63) is 85.1 Å². The molecule has 12 heteroatoms. The number of hydrogen-bond acceptors (Lipinski definition) is 8. The zero-order valence-corrected chi connectivity index (χ0v) is 36.5. The van der Waals surface area contributed by atoms with E-state index in [1.54, 1.807) is 0 Å². The van der Waals surface area contributed by atoms with Crippen molar-refractivity contribution in [3.8, 4) is 0 Å². The predicted molar refractivity (Wildman–Crippen MR) is 235 cm³/mol. The maximum absolute atomic E-state index is 12.3. The van der Waals surface area contributed by atoms with Crippen molar-refractivity contribution < 1.29 is 47.8 Å². The number of aliphatic carboxylic acids is 1. The summed E-state index contributed by atoms with van der Waals surface area (Å²) in [6.45, 7) is 2.39. The third-order valence-electron chi connectivity index (χ3n) is 8.68. The third kappa shape index (κ3) is 39.5. The summed E-state index contributed by atoms with van der Waals surface area (Å²) in [6, 6.07) is -1.59. The van der Waals surface area contributed by atoms with Crippen LogP contribution in [0, 0.1) is 0 Å². The molecule has 0 aromatic heterocycles. The number of nitrogens with one attached hydrogen (secondary N) is 1. The Kier molecular flexibility index (Phi) is 38.1. The number of aliphatic hydroxyl groups is 1. The van der Waals surface area contributed by atoms with Crippen molar-refractivity contribution in [3.63, 3.8) is 0 Å². The number of allylic oxidation sites excluding steroid dienone is 14. The Hall–Kier alpha value is -3.34. The highest BCUT2D eigenvalue weighted by Crippen LogP contribution is 2.43. The van der Waals surface area contributed by atoms with E-state index in [4.69, 9.17) is 13.8 Å². The van der Waals surface area contributed by atoms with E-state index in [0.717, 1.165) is 70.6 Å². The molecule has 58 heavy (non-hydrogen) atoms. The van der Waals surface area contributed by atoms with E-state index in [1.807, 2.05) is 18.2 Å². The average molecular weight is 834 g/mol. The molecule has 0 aliphatic heterocycles. The molecule has 11 nitrogen and oxygen atoms in total. The van der Waals surface area contributed by atoms with Crippen molar-refractivity contribution in [2.24, 2.45) is 0 Å². The van der Waals surface area contributed by atoms with Gasteiger partial charge in [0.1, 0.15) is 12.7 Å². The van der Waals surface area contributed by atoms with Crippen molar-refractivity contribution in [2.75, 3.05) is 19.8 Å². The zero-order valence-electron chi connectivity index (χ0n) is 35.6. The van der Waals surface area contributed by atoms with Crippen LogP contribution in [0.3, 0.4) is 0 Å². The van der Waals surface area contributed by atoms with Gasteiger partial charge >= 0.3 is 19.8 Å². The van der Waals surface area contributed by atoms with Gasteiger partial charge in [0.25, 0.3) is 0 Å². The smallest absolute Gasteiger partial charge is 0.472 e. The van der Waals surface area contributed by atoms with Gasteiger partial charge in [-0.3, -0.25) is 18.6 Å². The number of aliphatic hydroxyl groups excluding tert-OH is 1. The van der Waals surface area contributed by atoms with Crippen LogP contribution in [0.15, 0.2) is 85.1 Å². The third-order valence-corrected chi connectivity index (χ3v) is 9.63. The Bertz CT molecular complexity index is 1300. The first-order chi connectivity index (χ1) is 28.1. The van der Waals surface area contributed by atoms with E-state index >= 15 is 0 Å². The average Bonchev–Trinajstić information content (AvgIpc) is 3.20. The molecule has 3 atom stereocenters. The first-order valence-electron chi connectivity index (χ1n) is 21.6. The summed E-state index contributed by atoms with van der Waals surface area (Å²) in [4.78, 5) is 45.8. The number of amides is 1. The lowest BCUT2D eigenvalue weighted by Gasteiger charge is -2.18. The van der Waals surface area contributed by atoms with Gasteiger partial charge in [-0.2, -0.15) is 0 Å². The van der Waals surface area contributed by atoms with Crippen molar-refractivity contribution in [1.82, 2.24) is 5.32 Å². The Labute approximate surface area is 350 Å². The molecule has 0 rings (SSSR count). The van der Waals surface area contributed by atoms with Gasteiger partial charge in [-0.25, -0.2) is 9.36 Å². The summed E-state index contributed by atoms with van der Waals surface area (Å²) in [5.74, 6) is -2.51. The molecule has 0 saturated heterocycles. The van der Waals surface area contributed by atoms with Crippen LogP contribution in [0.2, 0.25) is 0 Å². The molecule has 1 amide bonds. The fourth-order valence-corrected chi connectivity index (χ4v) is 6.10. The minimum atomic E-state index is -4.78. The first-order valence-corrected chi connectivity index (χ1v) is 23.1. The molecule has 330 valence electrons. The van der Waals surface area contributed by atoms with E-state index in [1.165, 1.54) is 38.5 Å². The first kappa shape index (κ1) is 54.7. The lowest BCUT2D eigenvalue weighted by atomic mass is 10.1. The summed E-state index contributed by atoms with van der Waals surface area (Å²) in [5, 5.41) is 21.7. The highest BCUT2D eigenvalue weighted by atomic mass is 31.2. The molecular formula is C46H76NO10P. The Morgan fingerprint density at radius 3 is 1.53 bits per heavy atom. The van der Waals surface area contributed by atoms with Gasteiger partial charge < -0.3 is 25.2 Å². The van der Waals surface area contributed by atoms with Gasteiger partial charge in [0.15, 0.2) is 6.04 Å². The standard InChI is InChI=1S/C46H76NO10P/c1-3-5-7-9-11-13-15-17-19-20-21-22-24-25-27-29-31-33-35-37-44(49)47-43(46(51)52)41-57-58(53,54)56-40-42(48)39-55-45(50)38-36-34-32-30-28-26-23-18-16-14-12-10-8-6-4-2/h5,7,11,13,17-19,21-23,25,27,31,33,42-43,48H,3-4,6,8-10,12,14-16,20,24,26,28-30,32,34-41H2,1-2H3,(H,47,49)(H,51,52)(H,53,54)/b7-5-,13-11-,19-17-,22-21-,23-18-,27-25-,33-31-. The van der Waals surface area contributed by atoms with Crippen molar-refractivity contribution >= 4 is 25.7 Å². The number of carbonyl (C=O) groups is 3. The normalized spacial score (nSPS) is 14.6. The monoisotopic (exact) mass is 834 g/mol. The highest BCUT2D eigenvalue weighted by molar-refractivity contribution is 7.47. The summed E-state index contributed by atoms with van der Waals surface area (Å²) in [6.07, 6.45) is 49.1. The Balaban J connectivity index is 4.05. The van der Waals surface area contributed by atoms with Gasteiger partial charge in [-0.1, -0.05) is 150 Å². The summed E-state index contributed by atoms with van der Waals surface area (Å²) < 4.78 is 26.8. The maximum atomic E-state index is 12.3. The number of ether oxygens (including phenoxy) is 1. The summed E-state index contributed by atoms with van der Waals surface area (Å²) in [7, 11) is -4.78. The molecule has 4 N–H and O–H groups in total. The number of esters is 1. The van der Waals surface area contributed by atoms with Crippen LogP contribution in [0.5, 0.6) is 0 Å². The molecule has 0 radical (unpaired) electrons. The van der Waals surface area contributed by atoms with Crippen LogP contribution < -0.4 is 5.32 Å². The predicted octanol–water partition coefficient (Wildman–Crippen LogP) is 11.1. The van der Waals surface area contributed by atoms with Crippen LogP contribution in [-0.2, 0) is 32.7 Å². The fraction of sp³-hybridized carbons (Fsp3) is 0.630. The minimum absolute atomic E-state index is 0.0153. The van der Waals surface area contributed by atoms with E-state index in [0.29, 0.717) is 19.3 Å². The fourth-order valence-electron chi connectivity index (χ4n) is 5.33. The molecule has 0 aliphatic rings. The molecule has 0 heterocycles. The molecule has 0 aromatic carbocycles. The maximum Gasteiger partial charge on any atom is 0.472 e. The molecule has 0 spiro atoms. The van der Waals surface area contributed by atoms with Crippen molar-refractivity contribution in [2.45, 2.75) is 167 Å². The molecule has 0 aliphatic carbocycles. The van der Waals surface area contributed by atoms with Crippen LogP contribution in [-0.4, -0.2) is 64.9 Å². The van der Waals surface area contributed by atoms with Gasteiger partial charge in [-0.05, 0) is 77.0 Å². The van der Waals surface area contributed by atoms with Crippen LogP contribution in [0.4, 0.5) is 0 Å². The van der Waals surface area contributed by atoms with E-state index < -0.39 is 57.6 Å². The number of phosphoric ester groups is 1. The molecule has 0 bridgehead atoms. The number of phosphoric acid groups is 1. The second-order valence-corrected chi connectivity index (χ2v) is 15.6. The molecule has 0 saturated carbocycles. The van der Waals surface area contributed by atoms with Crippen LogP contribution in [0.1, 0.15) is 155 Å². The second-order valence-electron chi connectivity index (χ2n) is 14.1. The van der Waals surface area contributed by atoms with Gasteiger partial charge in [0, 0.05) is 12.8 Å². The molecule has 0 fully saturated rings. The van der Waals surface area contributed by atoms with Gasteiger partial charge in [-0.15, -0.1) is 0 Å². The minimum Gasteiger partial charge on any atom is -0.480 e. The number of carboxylic acid groups (broad SMARTS) is 1. The number of carboxylic acids is 1. The number of hydrogen-bond donors (Lipinski definition) is 4. The number of rotatable bonds is 39. The topological polar surface area (TPSA) is 169 Å². The van der Waals surface area contributed by atoms with E-state index in [9.17, 15) is 34.1 Å². The Morgan fingerprint density at radius 2 is 1.02 bits per heavy atom. The molecule has 3 unspecified atom stereocenters.